The van der Waals surface area contributed by atoms with E-state index in [4.69, 9.17) is 9.84 Å². The normalized spacial score (nSPS) is 10.0. The van der Waals surface area contributed by atoms with Gasteiger partial charge < -0.3 is 14.9 Å². The second kappa shape index (κ2) is 11.4. The number of methoxy groups -OCH3 is 1. The topological polar surface area (TPSA) is 83.8 Å². The Hall–Kier alpha value is -3.34. The van der Waals surface area contributed by atoms with Crippen LogP contribution in [0.3, 0.4) is 0 Å². The molecule has 0 heterocycles. The molecule has 0 amide bonds. The van der Waals surface area contributed by atoms with Gasteiger partial charge in [0.25, 0.3) is 0 Å². The second-order valence-electron chi connectivity index (χ2n) is 6.30. The Morgan fingerprint density at radius 3 is 2.32 bits per heavy atom. The van der Waals surface area contributed by atoms with Crippen molar-refractivity contribution < 1.29 is 24.5 Å². The molecule has 5 heteroatoms. The predicted octanol–water partition coefficient (Wildman–Crippen LogP) is 4.90. The zero-order valence-corrected chi connectivity index (χ0v) is 16.6. The van der Waals surface area contributed by atoms with Crippen LogP contribution in [-0.2, 0) is 11.2 Å². The van der Waals surface area contributed by atoms with Gasteiger partial charge in [0.15, 0.2) is 5.78 Å². The van der Waals surface area contributed by atoms with E-state index in [1.807, 2.05) is 32.1 Å². The third-order valence-corrected chi connectivity index (χ3v) is 3.76. The number of carbonyl (C=O) groups is 2. The Morgan fingerprint density at radius 1 is 1.07 bits per heavy atom. The number of rotatable bonds is 6. The minimum absolute atomic E-state index is 0.0217. The fourth-order valence-corrected chi connectivity index (χ4v) is 2.25. The second-order valence-corrected chi connectivity index (χ2v) is 6.30. The summed E-state index contributed by atoms with van der Waals surface area (Å²) in [4.78, 5) is 21.4. The summed E-state index contributed by atoms with van der Waals surface area (Å²) in [6, 6.07) is 12.2. The van der Waals surface area contributed by atoms with Gasteiger partial charge in [-0.1, -0.05) is 29.8 Å². The number of phenolic OH excluding ortho intramolecular Hbond substituents is 1. The molecule has 0 atom stereocenters. The fraction of sp³-hybridized carbons (Fsp3) is 0.217. The van der Waals surface area contributed by atoms with Crippen LogP contribution in [0.4, 0.5) is 0 Å². The van der Waals surface area contributed by atoms with Crippen molar-refractivity contribution in [2.24, 2.45) is 0 Å². The van der Waals surface area contributed by atoms with Gasteiger partial charge >= 0.3 is 5.97 Å². The molecule has 5 nitrogen and oxygen atoms in total. The number of carboxylic acid groups (broad SMARTS) is 1. The maximum absolute atomic E-state index is 11.1. The van der Waals surface area contributed by atoms with Crippen LogP contribution in [0.2, 0.25) is 0 Å². The average molecular weight is 382 g/mol. The van der Waals surface area contributed by atoms with E-state index >= 15 is 0 Å². The SMILES string of the molecule is CC(=O)c1ccc(O)c(CC=C(C)C)c1.COc1ccccc1C=CC(=O)O. The molecule has 2 N–H and O–H groups in total. The first-order valence-corrected chi connectivity index (χ1v) is 8.74. The standard InChI is InChI=1S/C13H16O2.C10H10O3/c1-9(2)4-5-12-8-11(10(3)14)6-7-13(12)15;1-13-9-5-3-2-4-8(9)6-7-10(11)12/h4,6-8,15H,5H2,1-3H3;2-7H,1H3,(H,11,12). The largest absolute Gasteiger partial charge is 0.508 e. The summed E-state index contributed by atoms with van der Waals surface area (Å²) >= 11 is 0. The monoisotopic (exact) mass is 382 g/mol. The van der Waals surface area contributed by atoms with Gasteiger partial charge in [0.05, 0.1) is 7.11 Å². The first-order chi connectivity index (χ1) is 13.2. The molecule has 0 aliphatic carbocycles. The number of benzene rings is 2. The lowest BCUT2D eigenvalue weighted by atomic mass is 10.0. The highest BCUT2D eigenvalue weighted by Gasteiger charge is 2.04. The molecular formula is C23H26O5. The number of carbonyl (C=O) groups excluding carboxylic acids is 1. The molecule has 148 valence electrons. The summed E-state index contributed by atoms with van der Waals surface area (Å²) in [6.45, 7) is 5.54. The van der Waals surface area contributed by atoms with Crippen LogP contribution in [0.1, 0.15) is 42.3 Å². The third kappa shape index (κ3) is 7.91. The molecule has 0 radical (unpaired) electrons. The number of phenols is 1. The Morgan fingerprint density at radius 2 is 1.75 bits per heavy atom. The first kappa shape index (κ1) is 22.7. The smallest absolute Gasteiger partial charge is 0.328 e. The van der Waals surface area contributed by atoms with E-state index in [9.17, 15) is 14.7 Å². The van der Waals surface area contributed by atoms with Crippen molar-refractivity contribution in [2.75, 3.05) is 7.11 Å². The molecule has 2 aromatic rings. The highest BCUT2D eigenvalue weighted by molar-refractivity contribution is 5.94. The summed E-state index contributed by atoms with van der Waals surface area (Å²) in [7, 11) is 1.55. The molecule has 0 saturated heterocycles. The van der Waals surface area contributed by atoms with Gasteiger partial charge in [-0.25, -0.2) is 4.79 Å². The van der Waals surface area contributed by atoms with Gasteiger partial charge in [-0.3, -0.25) is 4.79 Å². The summed E-state index contributed by atoms with van der Waals surface area (Å²) in [5, 5.41) is 18.0. The number of hydrogen-bond donors (Lipinski definition) is 2. The highest BCUT2D eigenvalue weighted by Crippen LogP contribution is 2.20. The van der Waals surface area contributed by atoms with Crippen molar-refractivity contribution in [3.8, 4) is 11.5 Å². The number of carboxylic acids is 1. The van der Waals surface area contributed by atoms with Gasteiger partial charge in [0.2, 0.25) is 0 Å². The van der Waals surface area contributed by atoms with Crippen molar-refractivity contribution in [3.63, 3.8) is 0 Å². The first-order valence-electron chi connectivity index (χ1n) is 8.74. The van der Waals surface area contributed by atoms with Crippen molar-refractivity contribution in [1.29, 1.82) is 0 Å². The molecule has 0 saturated carbocycles. The minimum atomic E-state index is -0.967. The molecular weight excluding hydrogens is 356 g/mol. The lowest BCUT2D eigenvalue weighted by molar-refractivity contribution is -0.131. The highest BCUT2D eigenvalue weighted by atomic mass is 16.5. The van der Waals surface area contributed by atoms with E-state index in [1.54, 1.807) is 37.4 Å². The molecule has 0 spiro atoms. The molecule has 0 aromatic heterocycles. The maximum atomic E-state index is 11.1. The Bertz CT molecular complexity index is 874. The molecule has 0 fully saturated rings. The molecule has 28 heavy (non-hydrogen) atoms. The van der Waals surface area contributed by atoms with Crippen LogP contribution in [0.25, 0.3) is 6.08 Å². The number of allylic oxidation sites excluding steroid dienone is 2. The van der Waals surface area contributed by atoms with E-state index in [2.05, 4.69) is 0 Å². The third-order valence-electron chi connectivity index (χ3n) is 3.76. The van der Waals surface area contributed by atoms with E-state index < -0.39 is 5.97 Å². The van der Waals surface area contributed by atoms with E-state index in [1.165, 1.54) is 18.6 Å². The van der Waals surface area contributed by atoms with E-state index in [0.717, 1.165) is 17.2 Å². The molecule has 0 unspecified atom stereocenters. The van der Waals surface area contributed by atoms with Crippen LogP contribution in [0.5, 0.6) is 11.5 Å². The molecule has 2 aromatic carbocycles. The Labute approximate surface area is 165 Å². The minimum Gasteiger partial charge on any atom is -0.508 e. The number of ether oxygens (including phenoxy) is 1. The van der Waals surface area contributed by atoms with Crippen LogP contribution < -0.4 is 4.74 Å². The summed E-state index contributed by atoms with van der Waals surface area (Å²) < 4.78 is 5.03. The van der Waals surface area contributed by atoms with E-state index in [-0.39, 0.29) is 11.5 Å². The van der Waals surface area contributed by atoms with Crippen molar-refractivity contribution in [3.05, 3.63) is 76.9 Å². The van der Waals surface area contributed by atoms with Gasteiger partial charge in [-0.15, -0.1) is 0 Å². The summed E-state index contributed by atoms with van der Waals surface area (Å²) in [5.74, 6) is -0.0307. The Kier molecular flexibility index (Phi) is 9.23. The number of ketones is 1. The number of Topliss-reactive ketones (excluding diaryl/α,β-unsaturated/α-hetero) is 1. The average Bonchev–Trinajstić information content (AvgIpc) is 2.66. The fourth-order valence-electron chi connectivity index (χ4n) is 2.25. The molecule has 0 aliphatic rings. The van der Waals surface area contributed by atoms with Gasteiger partial charge in [-0.2, -0.15) is 0 Å². The van der Waals surface area contributed by atoms with Gasteiger partial charge in [0, 0.05) is 17.2 Å². The number of hydrogen-bond acceptors (Lipinski definition) is 4. The zero-order valence-electron chi connectivity index (χ0n) is 16.6. The van der Waals surface area contributed by atoms with Crippen LogP contribution in [0.15, 0.2) is 60.2 Å². The molecule has 0 bridgehead atoms. The summed E-state index contributed by atoms with van der Waals surface area (Å²) in [5.41, 5.74) is 3.39. The van der Waals surface area contributed by atoms with Crippen LogP contribution >= 0.6 is 0 Å². The quantitative estimate of drug-likeness (QED) is 0.422. The zero-order chi connectivity index (χ0) is 21.1. The van der Waals surface area contributed by atoms with Crippen LogP contribution in [0, 0.1) is 0 Å². The predicted molar refractivity (Wildman–Crippen MR) is 111 cm³/mol. The number of para-hydroxylation sites is 1. The maximum Gasteiger partial charge on any atom is 0.328 e. The van der Waals surface area contributed by atoms with Crippen molar-refractivity contribution in [1.82, 2.24) is 0 Å². The number of aliphatic carboxylic acids is 1. The van der Waals surface area contributed by atoms with E-state index in [0.29, 0.717) is 17.7 Å². The van der Waals surface area contributed by atoms with Crippen molar-refractivity contribution in [2.45, 2.75) is 27.2 Å². The Balaban J connectivity index is 0.000000283. The summed E-state index contributed by atoms with van der Waals surface area (Å²) in [6.07, 6.45) is 5.27. The van der Waals surface area contributed by atoms with Gasteiger partial charge in [-0.05, 0) is 63.1 Å². The van der Waals surface area contributed by atoms with Crippen molar-refractivity contribution >= 4 is 17.8 Å². The lowest BCUT2D eigenvalue weighted by Crippen LogP contribution is -1.94. The lowest BCUT2D eigenvalue weighted by Gasteiger charge is -2.04. The van der Waals surface area contributed by atoms with Gasteiger partial charge in [0.1, 0.15) is 11.5 Å². The molecule has 2 rings (SSSR count). The number of aromatic hydroxyl groups is 1. The van der Waals surface area contributed by atoms with Crippen LogP contribution in [-0.4, -0.2) is 29.1 Å². The molecule has 0 aliphatic heterocycles.